The highest BCUT2D eigenvalue weighted by Crippen LogP contribution is 2.17. The van der Waals surface area contributed by atoms with E-state index in [2.05, 4.69) is 9.62 Å². The molecule has 1 N–H and O–H groups in total. The fourth-order valence-corrected chi connectivity index (χ4v) is 5.02. The Kier molecular flexibility index (Phi) is 7.40. The SMILES string of the molecule is O=C(CCNS(=O)(=O)c1cccs1)OCC(=O)N1CCN(c2ccc(F)cc2)CC1. The maximum Gasteiger partial charge on any atom is 0.307 e. The molecular weight excluding hydrogens is 433 g/mol. The predicted octanol–water partition coefficient (Wildman–Crippen LogP) is 1.45. The molecular formula is C19H22FN3O5S2. The summed E-state index contributed by atoms with van der Waals surface area (Å²) in [7, 11) is -3.63. The molecule has 1 saturated heterocycles. The van der Waals surface area contributed by atoms with Gasteiger partial charge in [0.1, 0.15) is 10.0 Å². The van der Waals surface area contributed by atoms with Gasteiger partial charge in [-0.1, -0.05) is 6.07 Å². The molecule has 8 nitrogen and oxygen atoms in total. The number of nitrogens with one attached hydrogen (secondary N) is 1. The van der Waals surface area contributed by atoms with E-state index in [4.69, 9.17) is 4.74 Å². The molecule has 0 spiro atoms. The number of piperazine rings is 1. The molecule has 0 aliphatic carbocycles. The largest absolute Gasteiger partial charge is 0.456 e. The first kappa shape index (κ1) is 22.2. The number of benzene rings is 1. The Morgan fingerprint density at radius 2 is 1.80 bits per heavy atom. The van der Waals surface area contributed by atoms with Crippen LogP contribution in [0, 0.1) is 5.82 Å². The number of anilines is 1. The Morgan fingerprint density at radius 3 is 2.43 bits per heavy atom. The van der Waals surface area contributed by atoms with Crippen molar-refractivity contribution in [2.45, 2.75) is 10.6 Å². The van der Waals surface area contributed by atoms with Gasteiger partial charge < -0.3 is 14.5 Å². The number of ether oxygens (including phenoxy) is 1. The molecule has 11 heteroatoms. The lowest BCUT2D eigenvalue weighted by Crippen LogP contribution is -2.50. The summed E-state index contributed by atoms with van der Waals surface area (Å²) < 4.78 is 44.4. The molecule has 1 aromatic carbocycles. The zero-order chi connectivity index (χ0) is 21.6. The maximum atomic E-state index is 13.0. The lowest BCUT2D eigenvalue weighted by Gasteiger charge is -2.36. The molecule has 1 fully saturated rings. The Hall–Kier alpha value is -2.50. The summed E-state index contributed by atoms with van der Waals surface area (Å²) in [6, 6.07) is 9.28. The number of carbonyl (C=O) groups excluding carboxylic acids is 2. The molecule has 0 radical (unpaired) electrons. The molecule has 3 rings (SSSR count). The second kappa shape index (κ2) is 10.0. The van der Waals surface area contributed by atoms with Crippen molar-refractivity contribution in [1.29, 1.82) is 0 Å². The summed E-state index contributed by atoms with van der Waals surface area (Å²) >= 11 is 1.08. The molecule has 0 bridgehead atoms. The van der Waals surface area contributed by atoms with Crippen molar-refractivity contribution in [3.05, 3.63) is 47.6 Å². The van der Waals surface area contributed by atoms with Crippen molar-refractivity contribution >= 4 is 38.9 Å². The van der Waals surface area contributed by atoms with Crippen LogP contribution in [0.4, 0.5) is 10.1 Å². The molecule has 162 valence electrons. The molecule has 0 atom stereocenters. The first-order valence-electron chi connectivity index (χ1n) is 9.32. The second-order valence-electron chi connectivity index (χ2n) is 6.58. The van der Waals surface area contributed by atoms with Gasteiger partial charge in [0, 0.05) is 38.4 Å². The van der Waals surface area contributed by atoms with Crippen molar-refractivity contribution in [3.63, 3.8) is 0 Å². The van der Waals surface area contributed by atoms with E-state index in [-0.39, 0.29) is 35.5 Å². The smallest absolute Gasteiger partial charge is 0.307 e. The zero-order valence-corrected chi connectivity index (χ0v) is 17.8. The van der Waals surface area contributed by atoms with E-state index in [0.717, 1.165) is 17.0 Å². The van der Waals surface area contributed by atoms with Gasteiger partial charge in [0.05, 0.1) is 6.42 Å². The molecule has 2 heterocycles. The van der Waals surface area contributed by atoms with E-state index in [9.17, 15) is 22.4 Å². The van der Waals surface area contributed by atoms with Gasteiger partial charge >= 0.3 is 5.97 Å². The number of esters is 1. The van der Waals surface area contributed by atoms with Gasteiger partial charge in [-0.05, 0) is 35.7 Å². The van der Waals surface area contributed by atoms with Crippen molar-refractivity contribution in [3.8, 4) is 0 Å². The van der Waals surface area contributed by atoms with E-state index < -0.39 is 16.0 Å². The summed E-state index contributed by atoms with van der Waals surface area (Å²) in [6.07, 6.45) is -0.170. The predicted molar refractivity (Wildman–Crippen MR) is 110 cm³/mol. The molecule has 0 saturated carbocycles. The first-order valence-corrected chi connectivity index (χ1v) is 11.7. The number of carbonyl (C=O) groups is 2. The fraction of sp³-hybridized carbons (Fsp3) is 0.368. The van der Waals surface area contributed by atoms with Crippen LogP contribution in [0.25, 0.3) is 0 Å². The number of amides is 1. The molecule has 0 unspecified atom stereocenters. The molecule has 30 heavy (non-hydrogen) atoms. The van der Waals surface area contributed by atoms with Crippen LogP contribution in [-0.2, 0) is 24.3 Å². The van der Waals surface area contributed by atoms with Crippen LogP contribution < -0.4 is 9.62 Å². The fourth-order valence-electron chi connectivity index (χ4n) is 2.95. The number of rotatable bonds is 8. The van der Waals surface area contributed by atoms with Crippen molar-refractivity contribution < 1.29 is 27.1 Å². The maximum absolute atomic E-state index is 13.0. The summed E-state index contributed by atoms with van der Waals surface area (Å²) in [5, 5.41) is 1.65. The van der Waals surface area contributed by atoms with Crippen LogP contribution >= 0.6 is 11.3 Å². The van der Waals surface area contributed by atoms with Crippen LogP contribution in [-0.4, -0.2) is 64.5 Å². The summed E-state index contributed by atoms with van der Waals surface area (Å²) in [5.74, 6) is -1.25. The number of nitrogens with zero attached hydrogens (tertiary/aromatic N) is 2. The summed E-state index contributed by atoms with van der Waals surface area (Å²) in [4.78, 5) is 27.7. The normalized spacial score (nSPS) is 14.6. The molecule has 1 aliphatic heterocycles. The molecule has 1 aliphatic rings. The zero-order valence-electron chi connectivity index (χ0n) is 16.1. The summed E-state index contributed by atoms with van der Waals surface area (Å²) in [5.41, 5.74) is 0.889. The van der Waals surface area contributed by atoms with E-state index in [1.54, 1.807) is 28.5 Å². The van der Waals surface area contributed by atoms with Crippen molar-refractivity contribution in [1.82, 2.24) is 9.62 Å². The third kappa shape index (κ3) is 6.00. The topological polar surface area (TPSA) is 96.0 Å². The van der Waals surface area contributed by atoms with Crippen molar-refractivity contribution in [2.24, 2.45) is 0 Å². The minimum absolute atomic E-state index is 0.108. The van der Waals surface area contributed by atoms with Gasteiger partial charge in [-0.15, -0.1) is 11.3 Å². The number of hydrogen-bond donors (Lipinski definition) is 1. The van der Waals surface area contributed by atoms with Crippen LogP contribution in [0.15, 0.2) is 46.0 Å². The van der Waals surface area contributed by atoms with E-state index in [1.807, 2.05) is 0 Å². The third-order valence-corrected chi connectivity index (χ3v) is 7.42. The van der Waals surface area contributed by atoms with Crippen LogP contribution in [0.2, 0.25) is 0 Å². The number of halogens is 1. The molecule has 1 aromatic heterocycles. The Labute approximate surface area is 178 Å². The van der Waals surface area contributed by atoms with Gasteiger partial charge in [0.15, 0.2) is 6.61 Å². The third-order valence-electron chi connectivity index (χ3n) is 4.56. The monoisotopic (exact) mass is 455 g/mol. The minimum Gasteiger partial charge on any atom is -0.456 e. The Balaban J connectivity index is 1.35. The number of thiophene rings is 1. The molecule has 2 aromatic rings. The minimum atomic E-state index is -3.63. The van der Waals surface area contributed by atoms with E-state index in [0.29, 0.717) is 26.2 Å². The molecule has 1 amide bonds. The Bertz CT molecular complexity index is 957. The lowest BCUT2D eigenvalue weighted by atomic mass is 10.2. The van der Waals surface area contributed by atoms with Gasteiger partial charge in [-0.3, -0.25) is 9.59 Å². The first-order chi connectivity index (χ1) is 14.3. The highest BCUT2D eigenvalue weighted by molar-refractivity contribution is 7.91. The second-order valence-corrected chi connectivity index (χ2v) is 9.53. The van der Waals surface area contributed by atoms with Gasteiger partial charge in [-0.25, -0.2) is 17.5 Å². The number of hydrogen-bond acceptors (Lipinski definition) is 7. The Morgan fingerprint density at radius 1 is 1.10 bits per heavy atom. The van der Waals surface area contributed by atoms with Gasteiger partial charge in [0.2, 0.25) is 10.0 Å². The quantitative estimate of drug-likeness (QED) is 0.606. The highest BCUT2D eigenvalue weighted by Gasteiger charge is 2.22. The van der Waals surface area contributed by atoms with E-state index in [1.165, 1.54) is 18.2 Å². The van der Waals surface area contributed by atoms with Crippen LogP contribution in [0.1, 0.15) is 6.42 Å². The van der Waals surface area contributed by atoms with Gasteiger partial charge in [0.25, 0.3) is 5.91 Å². The standard InChI is InChI=1S/C19H22FN3O5S2/c20-15-3-5-16(6-4-15)22-9-11-23(12-10-22)17(24)14-28-18(25)7-8-21-30(26,27)19-2-1-13-29-19/h1-6,13,21H,7-12,14H2. The average molecular weight is 456 g/mol. The highest BCUT2D eigenvalue weighted by atomic mass is 32.2. The van der Waals surface area contributed by atoms with Crippen molar-refractivity contribution in [2.75, 3.05) is 44.2 Å². The van der Waals surface area contributed by atoms with Crippen LogP contribution in [0.5, 0.6) is 0 Å². The lowest BCUT2D eigenvalue weighted by molar-refractivity contribution is -0.152. The van der Waals surface area contributed by atoms with Gasteiger partial charge in [-0.2, -0.15) is 0 Å². The number of sulfonamides is 1. The van der Waals surface area contributed by atoms with E-state index >= 15 is 0 Å². The van der Waals surface area contributed by atoms with Crippen LogP contribution in [0.3, 0.4) is 0 Å². The average Bonchev–Trinajstić information content (AvgIpc) is 3.29. The summed E-state index contributed by atoms with van der Waals surface area (Å²) in [6.45, 7) is 1.63.